The number of amides is 2. The van der Waals surface area contributed by atoms with Crippen molar-refractivity contribution in [2.24, 2.45) is 0 Å². The SMILES string of the molecule is COCCNC(=O)CNC(=O)c1ccc(Br)cc1F. The highest BCUT2D eigenvalue weighted by molar-refractivity contribution is 9.10. The maximum Gasteiger partial charge on any atom is 0.254 e. The lowest BCUT2D eigenvalue weighted by atomic mass is 10.2. The summed E-state index contributed by atoms with van der Waals surface area (Å²) in [6.45, 7) is 0.539. The molecule has 0 atom stereocenters. The molecular weight excluding hydrogens is 319 g/mol. The van der Waals surface area contributed by atoms with E-state index in [4.69, 9.17) is 4.74 Å². The summed E-state index contributed by atoms with van der Waals surface area (Å²) in [7, 11) is 1.52. The molecule has 2 N–H and O–H groups in total. The summed E-state index contributed by atoms with van der Waals surface area (Å²) >= 11 is 3.10. The van der Waals surface area contributed by atoms with Gasteiger partial charge in [0, 0.05) is 18.1 Å². The predicted octanol–water partition coefficient (Wildman–Crippen LogP) is 1.08. The zero-order valence-electron chi connectivity index (χ0n) is 10.3. The van der Waals surface area contributed by atoms with Gasteiger partial charge in [0.2, 0.25) is 5.91 Å². The Hall–Kier alpha value is -1.47. The number of hydrogen-bond acceptors (Lipinski definition) is 3. The van der Waals surface area contributed by atoms with Crippen LogP contribution < -0.4 is 10.6 Å². The zero-order valence-corrected chi connectivity index (χ0v) is 11.9. The Balaban J connectivity index is 2.45. The maximum absolute atomic E-state index is 13.5. The highest BCUT2D eigenvalue weighted by atomic mass is 79.9. The predicted molar refractivity (Wildman–Crippen MR) is 71.3 cm³/mol. The Labute approximate surface area is 118 Å². The first-order valence-corrected chi connectivity index (χ1v) is 6.32. The van der Waals surface area contributed by atoms with E-state index < -0.39 is 11.7 Å². The number of halogens is 2. The van der Waals surface area contributed by atoms with Crippen LogP contribution in [0.25, 0.3) is 0 Å². The van der Waals surface area contributed by atoms with Gasteiger partial charge in [-0.2, -0.15) is 0 Å². The van der Waals surface area contributed by atoms with Crippen LogP contribution in [0.5, 0.6) is 0 Å². The van der Waals surface area contributed by atoms with Gasteiger partial charge in [-0.05, 0) is 18.2 Å². The molecule has 0 bridgehead atoms. The van der Waals surface area contributed by atoms with Crippen molar-refractivity contribution >= 4 is 27.7 Å². The Morgan fingerprint density at radius 2 is 2.11 bits per heavy atom. The summed E-state index contributed by atoms with van der Waals surface area (Å²) in [5, 5.41) is 4.87. The molecule has 1 aromatic rings. The van der Waals surface area contributed by atoms with Gasteiger partial charge in [-0.25, -0.2) is 4.39 Å². The third-order valence-corrected chi connectivity index (χ3v) is 2.71. The van der Waals surface area contributed by atoms with E-state index in [1.165, 1.54) is 19.2 Å². The van der Waals surface area contributed by atoms with Crippen LogP contribution in [0.2, 0.25) is 0 Å². The fourth-order valence-corrected chi connectivity index (χ4v) is 1.62. The van der Waals surface area contributed by atoms with E-state index in [0.29, 0.717) is 17.6 Å². The summed E-state index contributed by atoms with van der Waals surface area (Å²) in [5.74, 6) is -1.64. The van der Waals surface area contributed by atoms with Crippen LogP contribution >= 0.6 is 15.9 Å². The van der Waals surface area contributed by atoms with Crippen LogP contribution in [-0.2, 0) is 9.53 Å². The second-order valence-electron chi connectivity index (χ2n) is 3.65. The van der Waals surface area contributed by atoms with Crippen molar-refractivity contribution in [3.05, 3.63) is 34.1 Å². The minimum atomic E-state index is -0.647. The van der Waals surface area contributed by atoms with E-state index in [9.17, 15) is 14.0 Å². The molecule has 0 aliphatic rings. The molecule has 0 radical (unpaired) electrons. The maximum atomic E-state index is 13.5. The van der Waals surface area contributed by atoms with Gasteiger partial charge in [-0.1, -0.05) is 15.9 Å². The van der Waals surface area contributed by atoms with Crippen LogP contribution in [0, 0.1) is 5.82 Å². The Morgan fingerprint density at radius 3 is 2.74 bits per heavy atom. The molecule has 0 aliphatic carbocycles. The zero-order chi connectivity index (χ0) is 14.3. The van der Waals surface area contributed by atoms with Gasteiger partial charge < -0.3 is 15.4 Å². The fraction of sp³-hybridized carbons (Fsp3) is 0.333. The molecule has 0 aliphatic heterocycles. The molecule has 0 heterocycles. The number of carbonyl (C=O) groups excluding carboxylic acids is 2. The number of methoxy groups -OCH3 is 1. The standard InChI is InChI=1S/C12H14BrFN2O3/c1-19-5-4-15-11(17)7-16-12(18)9-3-2-8(13)6-10(9)14/h2-3,6H,4-5,7H2,1H3,(H,15,17)(H,16,18). The molecule has 5 nitrogen and oxygen atoms in total. The summed E-state index contributed by atoms with van der Waals surface area (Å²) in [6, 6.07) is 4.09. The summed E-state index contributed by atoms with van der Waals surface area (Å²) in [6.07, 6.45) is 0. The monoisotopic (exact) mass is 332 g/mol. The highest BCUT2D eigenvalue weighted by Gasteiger charge is 2.12. The first kappa shape index (κ1) is 15.6. The van der Waals surface area contributed by atoms with E-state index >= 15 is 0 Å². The molecule has 7 heteroatoms. The smallest absolute Gasteiger partial charge is 0.254 e. The first-order valence-electron chi connectivity index (χ1n) is 5.53. The molecule has 0 spiro atoms. The Morgan fingerprint density at radius 1 is 1.37 bits per heavy atom. The van der Waals surface area contributed by atoms with Crippen LogP contribution in [0.15, 0.2) is 22.7 Å². The van der Waals surface area contributed by atoms with Gasteiger partial charge in [0.25, 0.3) is 5.91 Å². The average molecular weight is 333 g/mol. The summed E-state index contributed by atoms with van der Waals surface area (Å²) in [4.78, 5) is 23.0. The third kappa shape index (κ3) is 5.35. The molecule has 2 amide bonds. The molecule has 0 aromatic heterocycles. The Kier molecular flexibility index (Phi) is 6.44. The molecule has 19 heavy (non-hydrogen) atoms. The molecule has 0 fully saturated rings. The molecule has 0 saturated heterocycles. The fourth-order valence-electron chi connectivity index (χ4n) is 1.28. The second-order valence-corrected chi connectivity index (χ2v) is 4.57. The quantitative estimate of drug-likeness (QED) is 0.766. The number of nitrogens with one attached hydrogen (secondary N) is 2. The van der Waals surface area contributed by atoms with Crippen LogP contribution in [0.4, 0.5) is 4.39 Å². The van der Waals surface area contributed by atoms with Crippen LogP contribution in [0.1, 0.15) is 10.4 Å². The van der Waals surface area contributed by atoms with Gasteiger partial charge in [0.1, 0.15) is 5.82 Å². The lowest BCUT2D eigenvalue weighted by Gasteiger charge is -2.07. The molecule has 1 aromatic carbocycles. The van der Waals surface area contributed by atoms with Crippen LogP contribution in [-0.4, -0.2) is 38.6 Å². The number of carbonyl (C=O) groups is 2. The number of rotatable bonds is 6. The van der Waals surface area contributed by atoms with Crippen molar-refractivity contribution in [2.75, 3.05) is 26.8 Å². The van der Waals surface area contributed by atoms with E-state index in [2.05, 4.69) is 26.6 Å². The molecule has 0 saturated carbocycles. The first-order chi connectivity index (χ1) is 9.04. The van der Waals surface area contributed by atoms with Crippen molar-refractivity contribution in [1.82, 2.24) is 10.6 Å². The number of benzene rings is 1. The van der Waals surface area contributed by atoms with Crippen molar-refractivity contribution in [1.29, 1.82) is 0 Å². The topological polar surface area (TPSA) is 67.4 Å². The van der Waals surface area contributed by atoms with Crippen molar-refractivity contribution in [3.63, 3.8) is 0 Å². The largest absolute Gasteiger partial charge is 0.383 e. The van der Waals surface area contributed by atoms with Gasteiger partial charge >= 0.3 is 0 Å². The lowest BCUT2D eigenvalue weighted by molar-refractivity contribution is -0.120. The second kappa shape index (κ2) is 7.85. The van der Waals surface area contributed by atoms with Gasteiger partial charge in [-0.15, -0.1) is 0 Å². The van der Waals surface area contributed by atoms with Gasteiger partial charge in [0.05, 0.1) is 18.7 Å². The molecule has 1 rings (SSSR count). The van der Waals surface area contributed by atoms with Crippen molar-refractivity contribution in [3.8, 4) is 0 Å². The van der Waals surface area contributed by atoms with E-state index in [-0.39, 0.29) is 18.0 Å². The summed E-state index contributed by atoms with van der Waals surface area (Å²) < 4.78 is 18.8. The van der Waals surface area contributed by atoms with E-state index in [1.807, 2.05) is 0 Å². The molecule has 104 valence electrons. The Bertz CT molecular complexity index is 468. The number of hydrogen-bond donors (Lipinski definition) is 2. The summed E-state index contributed by atoms with van der Waals surface area (Å²) in [5.41, 5.74) is -0.104. The molecular formula is C12H14BrFN2O3. The number of ether oxygens (including phenoxy) is 1. The minimum Gasteiger partial charge on any atom is -0.383 e. The van der Waals surface area contributed by atoms with Crippen molar-refractivity contribution in [2.45, 2.75) is 0 Å². The molecule has 0 unspecified atom stereocenters. The third-order valence-electron chi connectivity index (χ3n) is 2.21. The average Bonchev–Trinajstić information content (AvgIpc) is 2.36. The highest BCUT2D eigenvalue weighted by Crippen LogP contribution is 2.14. The van der Waals surface area contributed by atoms with E-state index in [0.717, 1.165) is 0 Å². The normalized spacial score (nSPS) is 10.1. The minimum absolute atomic E-state index is 0.104. The van der Waals surface area contributed by atoms with Crippen LogP contribution in [0.3, 0.4) is 0 Å². The van der Waals surface area contributed by atoms with E-state index in [1.54, 1.807) is 6.07 Å². The van der Waals surface area contributed by atoms with Gasteiger partial charge in [-0.3, -0.25) is 9.59 Å². The van der Waals surface area contributed by atoms with Gasteiger partial charge in [0.15, 0.2) is 0 Å². The van der Waals surface area contributed by atoms with Crippen molar-refractivity contribution < 1.29 is 18.7 Å². The lowest BCUT2D eigenvalue weighted by Crippen LogP contribution is -2.38.